The average Bonchev–Trinajstić information content (AvgIpc) is 2.35. The molecule has 1 N–H and O–H groups in total. The van der Waals surface area contributed by atoms with Gasteiger partial charge in [-0.15, -0.1) is 0 Å². The molecule has 0 radical (unpaired) electrons. The van der Waals surface area contributed by atoms with E-state index in [4.69, 9.17) is 16.9 Å². The molecule has 0 saturated heterocycles. The van der Waals surface area contributed by atoms with Gasteiger partial charge in [0.15, 0.2) is 0 Å². The van der Waals surface area contributed by atoms with E-state index in [1.807, 2.05) is 38.9 Å². The molecule has 0 bridgehead atoms. The molecule has 1 aromatic carbocycles. The largest absolute Gasteiger partial charge is 0.309 e. The van der Waals surface area contributed by atoms with Crippen LogP contribution in [0.4, 0.5) is 0 Å². The molecular weight excluding hydrogens is 310 g/mol. The van der Waals surface area contributed by atoms with Crippen LogP contribution >= 0.6 is 11.6 Å². The molecular formula is C14H20ClN3O2S. The third-order valence-electron chi connectivity index (χ3n) is 2.86. The van der Waals surface area contributed by atoms with Gasteiger partial charge in [0.2, 0.25) is 10.0 Å². The van der Waals surface area contributed by atoms with Crippen LogP contribution in [0.2, 0.25) is 5.02 Å². The smallest absolute Gasteiger partial charge is 0.240 e. The predicted octanol–water partition coefficient (Wildman–Crippen LogP) is 2.08. The molecule has 0 amide bonds. The molecule has 0 heterocycles. The van der Waals surface area contributed by atoms with Crippen LogP contribution in [0.25, 0.3) is 0 Å². The van der Waals surface area contributed by atoms with Gasteiger partial charge in [0, 0.05) is 13.1 Å². The van der Waals surface area contributed by atoms with Crippen LogP contribution in [0.3, 0.4) is 0 Å². The Bertz CT molecular complexity index is 649. The monoisotopic (exact) mass is 329 g/mol. The number of nitrogens with zero attached hydrogens (tertiary/aromatic N) is 2. The molecule has 0 aliphatic carbocycles. The summed E-state index contributed by atoms with van der Waals surface area (Å²) in [5.41, 5.74) is 0.0519. The molecule has 7 heteroatoms. The van der Waals surface area contributed by atoms with Crippen molar-refractivity contribution in [1.82, 2.24) is 9.62 Å². The van der Waals surface area contributed by atoms with Crippen molar-refractivity contribution in [3.8, 4) is 6.07 Å². The van der Waals surface area contributed by atoms with E-state index < -0.39 is 10.0 Å². The second kappa shape index (κ2) is 6.75. The van der Waals surface area contributed by atoms with Crippen molar-refractivity contribution in [3.63, 3.8) is 0 Å². The van der Waals surface area contributed by atoms with Crippen LogP contribution in [-0.2, 0) is 10.0 Å². The Labute approximate surface area is 131 Å². The topological polar surface area (TPSA) is 73.2 Å². The highest BCUT2D eigenvalue weighted by atomic mass is 35.5. The maximum atomic E-state index is 12.3. The highest BCUT2D eigenvalue weighted by molar-refractivity contribution is 7.89. The van der Waals surface area contributed by atoms with Crippen molar-refractivity contribution in [3.05, 3.63) is 28.8 Å². The lowest BCUT2D eigenvalue weighted by atomic mass is 9.93. The van der Waals surface area contributed by atoms with E-state index in [2.05, 4.69) is 4.72 Å². The van der Waals surface area contributed by atoms with Crippen LogP contribution in [0.15, 0.2) is 23.1 Å². The van der Waals surface area contributed by atoms with Crippen molar-refractivity contribution < 1.29 is 8.42 Å². The number of sulfonamides is 1. The van der Waals surface area contributed by atoms with Crippen LogP contribution in [0, 0.1) is 16.7 Å². The number of hydrogen-bond acceptors (Lipinski definition) is 4. The van der Waals surface area contributed by atoms with Gasteiger partial charge < -0.3 is 4.90 Å². The summed E-state index contributed by atoms with van der Waals surface area (Å²) in [6.07, 6.45) is 0. The first kappa shape index (κ1) is 17.9. The summed E-state index contributed by atoms with van der Waals surface area (Å²) in [6, 6.07) is 5.98. The molecule has 1 aromatic rings. The molecule has 5 nitrogen and oxygen atoms in total. The zero-order valence-electron chi connectivity index (χ0n) is 12.6. The highest BCUT2D eigenvalue weighted by Gasteiger charge is 2.23. The molecule has 116 valence electrons. The Morgan fingerprint density at radius 1 is 1.38 bits per heavy atom. The zero-order chi connectivity index (χ0) is 16.3. The van der Waals surface area contributed by atoms with Gasteiger partial charge in [-0.3, -0.25) is 0 Å². The lowest BCUT2D eigenvalue weighted by Crippen LogP contribution is -2.39. The highest BCUT2D eigenvalue weighted by Crippen LogP contribution is 2.21. The second-order valence-corrected chi connectivity index (χ2v) is 8.15. The normalized spacial score (nSPS) is 12.4. The van der Waals surface area contributed by atoms with Crippen LogP contribution in [0.1, 0.15) is 19.4 Å². The average molecular weight is 330 g/mol. The fourth-order valence-corrected chi connectivity index (χ4v) is 3.59. The Morgan fingerprint density at radius 2 is 2.00 bits per heavy atom. The zero-order valence-corrected chi connectivity index (χ0v) is 14.2. The lowest BCUT2D eigenvalue weighted by molar-refractivity contribution is 0.242. The van der Waals surface area contributed by atoms with Gasteiger partial charge in [-0.05, 0) is 37.7 Å². The molecule has 0 spiro atoms. The van der Waals surface area contributed by atoms with Gasteiger partial charge in [0.25, 0.3) is 0 Å². The van der Waals surface area contributed by atoms with Gasteiger partial charge in [0.05, 0.1) is 15.5 Å². The first-order chi connectivity index (χ1) is 9.57. The predicted molar refractivity (Wildman–Crippen MR) is 83.7 cm³/mol. The molecule has 0 atom stereocenters. The van der Waals surface area contributed by atoms with Gasteiger partial charge in [0.1, 0.15) is 6.07 Å². The minimum Gasteiger partial charge on any atom is -0.309 e. The van der Waals surface area contributed by atoms with Crippen molar-refractivity contribution in [2.24, 2.45) is 5.41 Å². The van der Waals surface area contributed by atoms with Crippen molar-refractivity contribution in [2.45, 2.75) is 18.7 Å². The van der Waals surface area contributed by atoms with Crippen LogP contribution in [0.5, 0.6) is 0 Å². The molecule has 21 heavy (non-hydrogen) atoms. The third kappa shape index (κ3) is 5.29. The molecule has 0 saturated carbocycles. The summed E-state index contributed by atoms with van der Waals surface area (Å²) < 4.78 is 27.1. The van der Waals surface area contributed by atoms with Crippen LogP contribution in [-0.4, -0.2) is 40.5 Å². The van der Waals surface area contributed by atoms with E-state index >= 15 is 0 Å². The molecule has 0 unspecified atom stereocenters. The van der Waals surface area contributed by atoms with E-state index in [0.29, 0.717) is 6.54 Å². The second-order valence-electron chi connectivity index (χ2n) is 5.98. The Kier molecular flexibility index (Phi) is 5.76. The lowest BCUT2D eigenvalue weighted by Gasteiger charge is -2.28. The van der Waals surface area contributed by atoms with Gasteiger partial charge in [-0.25, -0.2) is 13.1 Å². The quantitative estimate of drug-likeness (QED) is 0.867. The summed E-state index contributed by atoms with van der Waals surface area (Å²) >= 11 is 5.87. The fourth-order valence-electron chi connectivity index (χ4n) is 2.04. The van der Waals surface area contributed by atoms with Crippen molar-refractivity contribution in [1.29, 1.82) is 5.26 Å². The maximum absolute atomic E-state index is 12.3. The number of halogens is 1. The maximum Gasteiger partial charge on any atom is 0.240 e. The molecule has 0 aliphatic heterocycles. The molecule has 0 aliphatic rings. The molecule has 0 fully saturated rings. The summed E-state index contributed by atoms with van der Waals surface area (Å²) in [6.45, 7) is 5.04. The molecule has 0 aromatic heterocycles. The summed E-state index contributed by atoms with van der Waals surface area (Å²) in [4.78, 5) is 2.07. The van der Waals surface area contributed by atoms with Gasteiger partial charge in [-0.1, -0.05) is 25.4 Å². The van der Waals surface area contributed by atoms with Crippen LogP contribution < -0.4 is 4.72 Å². The first-order valence-corrected chi connectivity index (χ1v) is 8.27. The fraction of sp³-hybridized carbons (Fsp3) is 0.500. The number of nitrogens with one attached hydrogen (secondary N) is 1. The van der Waals surface area contributed by atoms with Gasteiger partial charge in [-0.2, -0.15) is 5.26 Å². The third-order valence-corrected chi connectivity index (χ3v) is 4.57. The number of rotatable bonds is 6. The summed E-state index contributed by atoms with van der Waals surface area (Å²) in [5, 5.41) is 8.93. The SMILES string of the molecule is CN(C)CC(C)(C)CNS(=O)(=O)c1ccc(C#N)c(Cl)c1. The summed E-state index contributed by atoms with van der Waals surface area (Å²) in [5.74, 6) is 0. The number of nitriles is 1. The van der Waals surface area contributed by atoms with Crippen molar-refractivity contribution in [2.75, 3.05) is 27.2 Å². The number of benzene rings is 1. The van der Waals surface area contributed by atoms with E-state index in [0.717, 1.165) is 6.54 Å². The molecule has 1 rings (SSSR count). The minimum absolute atomic E-state index is 0.0622. The van der Waals surface area contributed by atoms with E-state index in [1.165, 1.54) is 18.2 Å². The van der Waals surface area contributed by atoms with E-state index in [1.54, 1.807) is 0 Å². The summed E-state index contributed by atoms with van der Waals surface area (Å²) in [7, 11) is 0.243. The minimum atomic E-state index is -3.64. The Balaban J connectivity index is 2.88. The number of hydrogen-bond donors (Lipinski definition) is 1. The standard InChI is InChI=1S/C14H20ClN3O2S/c1-14(2,10-18(3)4)9-17-21(19,20)12-6-5-11(8-16)13(15)7-12/h5-7,17H,9-10H2,1-4H3. The Morgan fingerprint density at radius 3 is 2.48 bits per heavy atom. The Hall–Kier alpha value is -1.13. The van der Waals surface area contributed by atoms with E-state index in [9.17, 15) is 8.42 Å². The van der Waals surface area contributed by atoms with Crippen molar-refractivity contribution >= 4 is 21.6 Å². The van der Waals surface area contributed by atoms with E-state index in [-0.39, 0.29) is 20.9 Å². The first-order valence-electron chi connectivity index (χ1n) is 6.41. The van der Waals surface area contributed by atoms with Gasteiger partial charge >= 0.3 is 0 Å².